The molecule has 33 heavy (non-hydrogen) atoms. The molecule has 1 heterocycles. The number of allylic oxidation sites excluding steroid dienone is 3. The summed E-state index contributed by atoms with van der Waals surface area (Å²) in [5.41, 5.74) is 3.45. The van der Waals surface area contributed by atoms with Gasteiger partial charge in [0.2, 0.25) is 0 Å². The van der Waals surface area contributed by atoms with Gasteiger partial charge >= 0.3 is 0 Å². The minimum atomic E-state index is -0.620. The Bertz CT molecular complexity index is 1080. The van der Waals surface area contributed by atoms with E-state index in [1.807, 2.05) is 26.5 Å². The van der Waals surface area contributed by atoms with Gasteiger partial charge in [0, 0.05) is 22.1 Å². The molecule has 4 unspecified atom stereocenters. The van der Waals surface area contributed by atoms with Gasteiger partial charge < -0.3 is 10.4 Å². The van der Waals surface area contributed by atoms with Crippen LogP contribution in [0.15, 0.2) is 48.3 Å². The van der Waals surface area contributed by atoms with Crippen molar-refractivity contribution in [2.45, 2.75) is 70.3 Å². The summed E-state index contributed by atoms with van der Waals surface area (Å²) < 4.78 is 0. The third kappa shape index (κ3) is 3.85. The number of benzene rings is 1. The van der Waals surface area contributed by atoms with E-state index in [4.69, 9.17) is 0 Å². The molecule has 0 amide bonds. The van der Waals surface area contributed by atoms with Gasteiger partial charge in [0.1, 0.15) is 0 Å². The van der Waals surface area contributed by atoms with Gasteiger partial charge in [0.05, 0.1) is 18.0 Å². The van der Waals surface area contributed by atoms with Crippen LogP contribution in [-0.4, -0.2) is 35.0 Å². The first-order valence-electron chi connectivity index (χ1n) is 12.9. The zero-order valence-electron chi connectivity index (χ0n) is 20.5. The van der Waals surface area contributed by atoms with Crippen molar-refractivity contribution in [2.75, 3.05) is 14.1 Å². The summed E-state index contributed by atoms with van der Waals surface area (Å²) in [5, 5.41) is 25.3. The molecule has 6 rings (SSSR count). The number of aliphatic hydroxyl groups is 1. The lowest BCUT2D eigenvalue weighted by Gasteiger charge is -2.49. The van der Waals surface area contributed by atoms with E-state index in [-0.39, 0.29) is 5.41 Å². The van der Waals surface area contributed by atoms with Crippen molar-refractivity contribution in [3.63, 3.8) is 0 Å². The molecule has 5 atom stereocenters. The second-order valence-corrected chi connectivity index (χ2v) is 11.1. The largest absolute Gasteiger partial charge is 0.385 e. The normalized spacial score (nSPS) is 35.2. The van der Waals surface area contributed by atoms with Gasteiger partial charge in [-0.3, -0.25) is 0 Å². The van der Waals surface area contributed by atoms with Crippen molar-refractivity contribution in [3.8, 4) is 0 Å². The molecule has 0 bridgehead atoms. The summed E-state index contributed by atoms with van der Waals surface area (Å²) in [7, 11) is 3.75. The fourth-order valence-corrected chi connectivity index (χ4v) is 7.45. The van der Waals surface area contributed by atoms with Crippen LogP contribution in [0.5, 0.6) is 0 Å². The molecule has 4 aliphatic carbocycles. The average Bonchev–Trinajstić information content (AvgIpc) is 3.11. The number of nitrogens with one attached hydrogen (secondary N) is 1. The second-order valence-electron chi connectivity index (χ2n) is 11.1. The molecular formula is C29H39N3O. The highest BCUT2D eigenvalue weighted by molar-refractivity contribution is 5.86. The molecule has 4 aliphatic rings. The van der Waals surface area contributed by atoms with Crippen LogP contribution < -0.4 is 5.32 Å². The number of nitrogens with zero attached hydrogens (tertiary/aromatic N) is 2. The maximum absolute atomic E-state index is 12.2. The first-order valence-corrected chi connectivity index (χ1v) is 12.9. The van der Waals surface area contributed by atoms with Crippen molar-refractivity contribution in [1.29, 1.82) is 0 Å². The highest BCUT2D eigenvalue weighted by atomic mass is 16.3. The molecule has 0 aliphatic heterocycles. The molecule has 1 aromatic heterocycles. The number of rotatable bonds is 1. The summed E-state index contributed by atoms with van der Waals surface area (Å²) in [6.07, 6.45) is 19.4. The number of hydrogen-bond acceptors (Lipinski definition) is 4. The predicted octanol–water partition coefficient (Wildman–Crippen LogP) is 5.93. The molecule has 2 fully saturated rings. The Kier molecular flexibility index (Phi) is 6.17. The topological polar surface area (TPSA) is 58.0 Å². The fourth-order valence-electron chi connectivity index (χ4n) is 7.45. The minimum absolute atomic E-state index is 0.00188. The fraction of sp³-hybridized carbons (Fsp3) is 0.586. The summed E-state index contributed by atoms with van der Waals surface area (Å²) in [6.45, 7) is 2.40. The highest BCUT2D eigenvalue weighted by Gasteiger charge is 2.56. The van der Waals surface area contributed by atoms with Crippen molar-refractivity contribution >= 4 is 16.3 Å². The van der Waals surface area contributed by atoms with E-state index in [9.17, 15) is 5.11 Å². The third-order valence-corrected chi connectivity index (χ3v) is 9.15. The lowest BCUT2D eigenvalue weighted by atomic mass is 9.58. The van der Waals surface area contributed by atoms with Crippen molar-refractivity contribution in [3.05, 3.63) is 53.9 Å². The maximum Gasteiger partial charge on any atom is 0.0896 e. The van der Waals surface area contributed by atoms with Crippen LogP contribution in [0.25, 0.3) is 16.3 Å². The molecule has 1 aromatic carbocycles. The lowest BCUT2D eigenvalue weighted by Crippen LogP contribution is -2.48. The maximum atomic E-state index is 12.2. The summed E-state index contributed by atoms with van der Waals surface area (Å²) in [5.74, 6) is 1.93. The molecular weight excluding hydrogens is 406 g/mol. The molecule has 2 aromatic rings. The summed E-state index contributed by atoms with van der Waals surface area (Å²) in [6, 6.07) is 6.65. The van der Waals surface area contributed by atoms with Crippen molar-refractivity contribution in [2.24, 2.45) is 23.2 Å². The van der Waals surface area contributed by atoms with Crippen LogP contribution >= 0.6 is 0 Å². The predicted molar refractivity (Wildman–Crippen MR) is 136 cm³/mol. The van der Waals surface area contributed by atoms with Gasteiger partial charge in [-0.15, -0.1) is 0 Å². The van der Waals surface area contributed by atoms with Crippen LogP contribution in [0.3, 0.4) is 0 Å². The van der Waals surface area contributed by atoms with E-state index in [1.165, 1.54) is 48.8 Å². The monoisotopic (exact) mass is 445 g/mol. The Morgan fingerprint density at radius 1 is 0.970 bits per heavy atom. The van der Waals surface area contributed by atoms with Crippen LogP contribution in [-0.2, 0) is 0 Å². The van der Waals surface area contributed by atoms with Crippen LogP contribution in [0.2, 0.25) is 0 Å². The number of fused-ring (bicyclic) bond motifs is 5. The zero-order chi connectivity index (χ0) is 23.1. The van der Waals surface area contributed by atoms with E-state index in [2.05, 4.69) is 52.8 Å². The van der Waals surface area contributed by atoms with Gasteiger partial charge in [0.15, 0.2) is 0 Å². The highest BCUT2D eigenvalue weighted by Crippen LogP contribution is 2.62. The molecule has 2 saturated carbocycles. The Morgan fingerprint density at radius 3 is 2.48 bits per heavy atom. The molecule has 0 spiro atoms. The van der Waals surface area contributed by atoms with Gasteiger partial charge in [0.25, 0.3) is 0 Å². The number of hydrogen-bond donors (Lipinski definition) is 2. The molecule has 4 nitrogen and oxygen atoms in total. The van der Waals surface area contributed by atoms with E-state index in [0.29, 0.717) is 5.92 Å². The van der Waals surface area contributed by atoms with Crippen LogP contribution in [0, 0.1) is 23.2 Å². The smallest absolute Gasteiger partial charge is 0.0896 e. The molecule has 0 radical (unpaired) electrons. The molecule has 176 valence electrons. The molecule has 4 heteroatoms. The standard InChI is InChI=1S/C27H32N2O.C2H7N/c1-26-12-11-23-15-19-5-3-2-4-18(19)10-13-27(23,30)25(26)9-8-24(26)20-6-7-21-16-28-29-17-22(21)14-20;1-3-2/h6-8,11,14,16-19,25,30H,2-5,9-10,12-13,15H2,1H3;3H,1-2H3/t18?,19?,25?,26?,27-;/m1./s1. The Balaban J connectivity index is 0.000000724. The van der Waals surface area contributed by atoms with E-state index < -0.39 is 5.60 Å². The van der Waals surface area contributed by atoms with Crippen molar-refractivity contribution < 1.29 is 5.11 Å². The van der Waals surface area contributed by atoms with Gasteiger partial charge in [-0.1, -0.05) is 50.5 Å². The minimum Gasteiger partial charge on any atom is -0.385 e. The SMILES string of the molecule is CC12CC=C3CC4CCCCC4CC[C@]3(O)C1CC=C2c1ccc2cnncc2c1.CNC. The third-order valence-electron chi connectivity index (χ3n) is 9.15. The quantitative estimate of drug-likeness (QED) is 0.535. The zero-order valence-corrected chi connectivity index (χ0v) is 20.5. The molecule has 2 N–H and O–H groups in total. The number of aromatic nitrogens is 2. The van der Waals surface area contributed by atoms with E-state index in [1.54, 1.807) is 0 Å². The Hall–Kier alpha value is -2.04. The van der Waals surface area contributed by atoms with Gasteiger partial charge in [-0.25, -0.2) is 0 Å². The van der Waals surface area contributed by atoms with Crippen LogP contribution in [0.1, 0.15) is 70.3 Å². The van der Waals surface area contributed by atoms with Crippen molar-refractivity contribution in [1.82, 2.24) is 15.5 Å². The summed E-state index contributed by atoms with van der Waals surface area (Å²) >= 11 is 0. The van der Waals surface area contributed by atoms with E-state index in [0.717, 1.165) is 48.3 Å². The molecule has 0 saturated heterocycles. The van der Waals surface area contributed by atoms with Crippen LogP contribution in [0.4, 0.5) is 0 Å². The van der Waals surface area contributed by atoms with Gasteiger partial charge in [-0.2, -0.15) is 10.2 Å². The Morgan fingerprint density at radius 2 is 1.70 bits per heavy atom. The van der Waals surface area contributed by atoms with E-state index >= 15 is 0 Å². The second kappa shape index (κ2) is 8.96. The average molecular weight is 446 g/mol. The summed E-state index contributed by atoms with van der Waals surface area (Å²) in [4.78, 5) is 0. The first kappa shape index (κ1) is 22.7. The Labute approximate surface area is 198 Å². The first-order chi connectivity index (χ1) is 16.0. The van der Waals surface area contributed by atoms with Gasteiger partial charge in [-0.05, 0) is 87.2 Å². The lowest BCUT2D eigenvalue weighted by molar-refractivity contribution is -0.0357.